The number of carbonyl (C=O) groups excluding carboxylic acids is 4. The lowest BCUT2D eigenvalue weighted by molar-refractivity contribution is -0.234. The molecule has 8 aliphatic rings. The van der Waals surface area contributed by atoms with Gasteiger partial charge in [0.2, 0.25) is 5.79 Å². The quantitative estimate of drug-likeness (QED) is 0.222. The van der Waals surface area contributed by atoms with E-state index < -0.39 is 112 Å². The first-order valence-corrected chi connectivity index (χ1v) is 15.9. The Labute approximate surface area is 255 Å². The van der Waals surface area contributed by atoms with Crippen LogP contribution in [-0.4, -0.2) is 93.1 Å². The van der Waals surface area contributed by atoms with Crippen molar-refractivity contribution >= 4 is 23.7 Å². The molecular weight excluding hydrogens is 576 g/mol. The van der Waals surface area contributed by atoms with Gasteiger partial charge in [-0.05, 0) is 44.4 Å². The number of Topliss-reactive ketones (excluding diaryl/α,β-unsaturated/α-hetero) is 1. The smallest absolute Gasteiger partial charge is 0.341 e. The minimum atomic E-state index is -2.01. The summed E-state index contributed by atoms with van der Waals surface area (Å²) in [6.45, 7) is 11.5. The minimum Gasteiger partial charge on any atom is -0.462 e. The number of ketones is 1. The Bertz CT molecular complexity index is 1390. The Morgan fingerprint density at radius 3 is 2.23 bits per heavy atom. The van der Waals surface area contributed by atoms with Crippen LogP contribution in [0.5, 0.6) is 0 Å². The maximum atomic E-state index is 14.2. The van der Waals surface area contributed by atoms with Crippen molar-refractivity contribution in [2.24, 2.45) is 57.7 Å². The molecule has 3 saturated heterocycles. The molecule has 44 heavy (non-hydrogen) atoms. The number of fused-ring (bicyclic) bond motifs is 9. The second kappa shape index (κ2) is 8.23. The summed E-state index contributed by atoms with van der Waals surface area (Å²) in [6, 6.07) is 0. The van der Waals surface area contributed by atoms with Crippen LogP contribution in [0.25, 0.3) is 0 Å². The van der Waals surface area contributed by atoms with Crippen molar-refractivity contribution in [1.82, 2.24) is 0 Å². The third-order valence-corrected chi connectivity index (χ3v) is 14.5. The molecule has 19 atom stereocenters. The Morgan fingerprint density at radius 1 is 0.932 bits per heavy atom. The van der Waals surface area contributed by atoms with Gasteiger partial charge in [-0.2, -0.15) is 0 Å². The molecule has 12 nitrogen and oxygen atoms in total. The number of aliphatic hydroxyl groups is 3. The fraction of sp³-hybridized carbons (Fsp3) is 0.875. The van der Waals surface area contributed by atoms with Crippen molar-refractivity contribution < 1.29 is 58.2 Å². The Kier molecular flexibility index (Phi) is 5.48. The predicted octanol–water partition coefficient (Wildman–Crippen LogP) is 0.511. The number of epoxide rings is 2. The largest absolute Gasteiger partial charge is 0.462 e. The van der Waals surface area contributed by atoms with Crippen molar-refractivity contribution in [3.8, 4) is 0 Å². The van der Waals surface area contributed by atoms with Crippen molar-refractivity contribution in [3.05, 3.63) is 0 Å². The number of ether oxygens (including phenoxy) is 5. The molecule has 0 aromatic rings. The lowest BCUT2D eigenvalue weighted by Crippen LogP contribution is -2.70. The zero-order chi connectivity index (χ0) is 31.8. The van der Waals surface area contributed by atoms with E-state index in [1.54, 1.807) is 6.92 Å². The molecule has 0 aromatic carbocycles. The van der Waals surface area contributed by atoms with Crippen LogP contribution in [0, 0.1) is 57.7 Å². The standard InChI is InChI=1S/C32H42O12/c1-10-18-20(30(6)31(7,39)27(38)44-32(30)25(10)43-32)23(37)19-17-13(9-16(29(18,19)5)40-11(2)33)28(4)14(21(35)22(17)36)8-15-24(42-15)26(28)41-12(3)34/h10,13-20,22-26,36-37,39H,8-9H2,1-7H3/t10-,13?,14+,15-,16-,17?,18-,19+,20-,22+,23+,24-,25+,26-,28+,29+,30-,31+,32-/m0/s1. The number of esters is 3. The molecule has 12 heteroatoms. The maximum Gasteiger partial charge on any atom is 0.341 e. The van der Waals surface area contributed by atoms with Crippen LogP contribution in [0.3, 0.4) is 0 Å². The molecule has 3 N–H and O–H groups in total. The molecule has 0 amide bonds. The lowest BCUT2D eigenvalue weighted by atomic mass is 9.41. The number of hydrogen-bond acceptors (Lipinski definition) is 12. The van der Waals surface area contributed by atoms with Crippen LogP contribution >= 0.6 is 0 Å². The van der Waals surface area contributed by atoms with Gasteiger partial charge in [0, 0.05) is 48.3 Å². The van der Waals surface area contributed by atoms with E-state index in [4.69, 9.17) is 23.7 Å². The molecule has 1 spiro atoms. The second-order valence-electron chi connectivity index (χ2n) is 15.9. The van der Waals surface area contributed by atoms with Crippen molar-refractivity contribution in [2.75, 3.05) is 0 Å². The van der Waals surface area contributed by atoms with Crippen LogP contribution < -0.4 is 0 Å². The predicted molar refractivity (Wildman–Crippen MR) is 145 cm³/mol. The van der Waals surface area contributed by atoms with E-state index in [1.807, 2.05) is 20.8 Å². The summed E-state index contributed by atoms with van der Waals surface area (Å²) in [5, 5.41) is 36.3. The Balaban J connectivity index is 1.32. The van der Waals surface area contributed by atoms with Crippen LogP contribution in [0.2, 0.25) is 0 Å². The summed E-state index contributed by atoms with van der Waals surface area (Å²) in [5.74, 6) is -7.90. The van der Waals surface area contributed by atoms with Crippen molar-refractivity contribution in [3.63, 3.8) is 0 Å². The lowest BCUT2D eigenvalue weighted by Gasteiger charge is -2.63. The Hall–Kier alpha value is -2.12. The normalized spacial score (nSPS) is 62.4. The van der Waals surface area contributed by atoms with E-state index >= 15 is 0 Å². The summed E-state index contributed by atoms with van der Waals surface area (Å²) < 4.78 is 29.9. The third-order valence-electron chi connectivity index (χ3n) is 14.5. The van der Waals surface area contributed by atoms with Crippen LogP contribution in [-0.2, 0) is 42.9 Å². The van der Waals surface area contributed by atoms with E-state index in [9.17, 15) is 34.5 Å². The number of carbonyl (C=O) groups is 4. The minimum absolute atomic E-state index is 0.256. The molecule has 8 rings (SSSR count). The molecule has 0 aromatic heterocycles. The molecule has 242 valence electrons. The van der Waals surface area contributed by atoms with Gasteiger partial charge in [0.05, 0.1) is 17.6 Å². The molecular formula is C32H42O12. The fourth-order valence-corrected chi connectivity index (χ4v) is 12.5. The van der Waals surface area contributed by atoms with Gasteiger partial charge in [0.15, 0.2) is 11.4 Å². The SMILES string of the molecule is CC(=O)O[C@H]1CC2C([C@@H]3[C@@H](O)[C@@H]4[C@H]([C@H](C)[C@H]5O[C@]56OC(=O)[C@@](C)(O)[C@]46C)[C@@]13C)[C@@H](O)C(=O)[C@H]1C[C@@H]3O[C@@H]3[C@H](OC(C)=O)[C@]21C. The first-order chi connectivity index (χ1) is 20.4. The van der Waals surface area contributed by atoms with E-state index in [0.29, 0.717) is 6.42 Å². The molecule has 8 fully saturated rings. The zero-order valence-electron chi connectivity index (χ0n) is 26.0. The van der Waals surface area contributed by atoms with Gasteiger partial charge in [-0.15, -0.1) is 0 Å². The molecule has 2 unspecified atom stereocenters. The second-order valence-corrected chi connectivity index (χ2v) is 15.9. The molecule has 5 saturated carbocycles. The highest BCUT2D eigenvalue weighted by Crippen LogP contribution is 2.80. The highest BCUT2D eigenvalue weighted by Gasteiger charge is 2.92. The Morgan fingerprint density at radius 2 is 1.59 bits per heavy atom. The average Bonchev–Trinajstić information content (AvgIpc) is 3.83. The van der Waals surface area contributed by atoms with Crippen LogP contribution in [0.1, 0.15) is 61.3 Å². The van der Waals surface area contributed by atoms with E-state index in [2.05, 4.69) is 0 Å². The molecule has 3 heterocycles. The van der Waals surface area contributed by atoms with Gasteiger partial charge < -0.3 is 39.0 Å². The summed E-state index contributed by atoms with van der Waals surface area (Å²) in [6.07, 6.45) is -4.77. The van der Waals surface area contributed by atoms with E-state index in [0.717, 1.165) is 0 Å². The monoisotopic (exact) mass is 618 g/mol. The van der Waals surface area contributed by atoms with Gasteiger partial charge in [-0.25, -0.2) is 4.79 Å². The van der Waals surface area contributed by atoms with Gasteiger partial charge in [-0.3, -0.25) is 14.4 Å². The van der Waals surface area contributed by atoms with Gasteiger partial charge in [-0.1, -0.05) is 20.8 Å². The topological polar surface area (TPSA) is 182 Å². The van der Waals surface area contributed by atoms with Gasteiger partial charge >= 0.3 is 17.9 Å². The summed E-state index contributed by atoms with van der Waals surface area (Å²) in [4.78, 5) is 52.4. The summed E-state index contributed by atoms with van der Waals surface area (Å²) in [5.41, 5.74) is -5.36. The van der Waals surface area contributed by atoms with E-state index in [1.165, 1.54) is 20.8 Å². The van der Waals surface area contributed by atoms with Gasteiger partial charge in [0.1, 0.15) is 30.5 Å². The number of aliphatic hydroxyl groups excluding tert-OH is 2. The summed E-state index contributed by atoms with van der Waals surface area (Å²) >= 11 is 0. The fourth-order valence-electron chi connectivity index (χ4n) is 12.5. The number of rotatable bonds is 2. The molecule has 3 aliphatic heterocycles. The average molecular weight is 619 g/mol. The van der Waals surface area contributed by atoms with Crippen molar-refractivity contribution in [1.29, 1.82) is 0 Å². The first kappa shape index (κ1) is 29.3. The van der Waals surface area contributed by atoms with Crippen LogP contribution in [0.15, 0.2) is 0 Å². The van der Waals surface area contributed by atoms with Crippen molar-refractivity contribution in [2.45, 2.75) is 115 Å². The molecule has 5 aliphatic carbocycles. The molecule has 0 radical (unpaired) electrons. The maximum absolute atomic E-state index is 14.2. The summed E-state index contributed by atoms with van der Waals surface area (Å²) in [7, 11) is 0. The first-order valence-electron chi connectivity index (χ1n) is 15.9. The van der Waals surface area contributed by atoms with Gasteiger partial charge in [0.25, 0.3) is 0 Å². The highest BCUT2D eigenvalue weighted by atomic mass is 16.8. The van der Waals surface area contributed by atoms with E-state index in [-0.39, 0.29) is 30.3 Å². The zero-order valence-corrected chi connectivity index (χ0v) is 26.0. The molecule has 0 bridgehead atoms. The highest BCUT2D eigenvalue weighted by molar-refractivity contribution is 5.88. The third kappa shape index (κ3) is 2.91. The number of hydrogen-bond donors (Lipinski definition) is 3. The van der Waals surface area contributed by atoms with Crippen LogP contribution in [0.4, 0.5) is 0 Å².